The first kappa shape index (κ1) is 14.1. The summed E-state index contributed by atoms with van der Waals surface area (Å²) in [5, 5.41) is 3.05. The molecule has 0 aliphatic carbocycles. The lowest BCUT2D eigenvalue weighted by atomic mass is 10.4. The molecule has 0 spiro atoms. The van der Waals surface area contributed by atoms with Crippen LogP contribution in [0.2, 0.25) is 0 Å². The van der Waals surface area contributed by atoms with Crippen molar-refractivity contribution in [2.75, 3.05) is 13.6 Å². The molecule has 0 fully saturated rings. The van der Waals surface area contributed by atoms with Crippen LogP contribution in [0.1, 0.15) is 19.7 Å². The van der Waals surface area contributed by atoms with Gasteiger partial charge in [0, 0.05) is 25.3 Å². The molecule has 98 valence electrons. The molecule has 2 N–H and O–H groups in total. The standard InChI is InChI=1S/C10H20N4O2S/c1-5-14-7-10(13-9(14)3)17(15,16)12-6-8(2)11-4/h7-8,11-12H,5-6H2,1-4H3. The van der Waals surface area contributed by atoms with Crippen LogP contribution in [-0.2, 0) is 16.6 Å². The highest BCUT2D eigenvalue weighted by Gasteiger charge is 2.19. The quantitative estimate of drug-likeness (QED) is 0.760. The van der Waals surface area contributed by atoms with E-state index in [4.69, 9.17) is 0 Å². The van der Waals surface area contributed by atoms with Crippen molar-refractivity contribution in [2.45, 2.75) is 38.4 Å². The van der Waals surface area contributed by atoms with E-state index in [9.17, 15) is 8.42 Å². The van der Waals surface area contributed by atoms with Crippen molar-refractivity contribution in [1.82, 2.24) is 19.6 Å². The molecule has 0 aromatic carbocycles. The van der Waals surface area contributed by atoms with E-state index < -0.39 is 10.0 Å². The minimum atomic E-state index is -3.50. The van der Waals surface area contributed by atoms with Crippen molar-refractivity contribution >= 4 is 10.0 Å². The van der Waals surface area contributed by atoms with E-state index in [1.165, 1.54) is 0 Å². The van der Waals surface area contributed by atoms with Crippen LogP contribution in [0.15, 0.2) is 11.2 Å². The van der Waals surface area contributed by atoms with Gasteiger partial charge < -0.3 is 9.88 Å². The first-order chi connectivity index (χ1) is 7.90. The summed E-state index contributed by atoms with van der Waals surface area (Å²) in [6.07, 6.45) is 1.56. The van der Waals surface area contributed by atoms with Crippen LogP contribution in [0, 0.1) is 6.92 Å². The Morgan fingerprint density at radius 1 is 1.53 bits per heavy atom. The molecule has 7 heteroatoms. The molecule has 0 bridgehead atoms. The Kier molecular flexibility index (Phi) is 4.67. The monoisotopic (exact) mass is 260 g/mol. The van der Waals surface area contributed by atoms with E-state index in [0.29, 0.717) is 18.9 Å². The summed E-state index contributed by atoms with van der Waals surface area (Å²) in [6.45, 7) is 6.69. The van der Waals surface area contributed by atoms with Crippen molar-refractivity contribution in [3.05, 3.63) is 12.0 Å². The first-order valence-electron chi connectivity index (χ1n) is 5.61. The average Bonchev–Trinajstić information content (AvgIpc) is 2.68. The van der Waals surface area contributed by atoms with Crippen molar-refractivity contribution in [1.29, 1.82) is 0 Å². The van der Waals surface area contributed by atoms with Crippen LogP contribution in [0.5, 0.6) is 0 Å². The molecular weight excluding hydrogens is 240 g/mol. The highest BCUT2D eigenvalue weighted by molar-refractivity contribution is 7.89. The Balaban J connectivity index is 2.82. The molecular formula is C10H20N4O2S. The molecule has 0 aliphatic rings. The van der Waals surface area contributed by atoms with Crippen LogP contribution >= 0.6 is 0 Å². The maximum absolute atomic E-state index is 11.9. The van der Waals surface area contributed by atoms with Gasteiger partial charge in [-0.15, -0.1) is 0 Å². The zero-order chi connectivity index (χ0) is 13.1. The number of nitrogens with one attached hydrogen (secondary N) is 2. The van der Waals surface area contributed by atoms with Crippen LogP contribution in [0.25, 0.3) is 0 Å². The Hall–Kier alpha value is -0.920. The highest BCUT2D eigenvalue weighted by atomic mass is 32.2. The Bertz CT molecular complexity index is 467. The minimum Gasteiger partial charge on any atom is -0.334 e. The largest absolute Gasteiger partial charge is 0.334 e. The van der Waals surface area contributed by atoms with Gasteiger partial charge in [0.15, 0.2) is 5.03 Å². The summed E-state index contributed by atoms with van der Waals surface area (Å²) in [5.74, 6) is 0.703. The van der Waals surface area contributed by atoms with Crippen molar-refractivity contribution < 1.29 is 8.42 Å². The van der Waals surface area contributed by atoms with E-state index >= 15 is 0 Å². The second-order valence-corrected chi connectivity index (χ2v) is 5.67. The smallest absolute Gasteiger partial charge is 0.259 e. The molecule has 0 amide bonds. The van der Waals surface area contributed by atoms with Gasteiger partial charge in [-0.2, -0.15) is 0 Å². The van der Waals surface area contributed by atoms with Crippen molar-refractivity contribution in [2.24, 2.45) is 0 Å². The SMILES string of the molecule is CCn1cc(S(=O)(=O)NCC(C)NC)nc1C. The second-order valence-electron chi connectivity index (χ2n) is 3.95. The third-order valence-electron chi connectivity index (χ3n) is 2.64. The molecule has 1 aromatic heterocycles. The molecule has 0 saturated heterocycles. The molecule has 0 saturated carbocycles. The number of likely N-dealkylation sites (N-methyl/N-ethyl adjacent to an activating group) is 1. The van der Waals surface area contributed by atoms with Gasteiger partial charge >= 0.3 is 0 Å². The molecule has 0 radical (unpaired) electrons. The van der Waals surface area contributed by atoms with E-state index in [1.54, 1.807) is 24.7 Å². The van der Waals surface area contributed by atoms with Gasteiger partial charge in [-0.1, -0.05) is 0 Å². The molecule has 1 rings (SSSR count). The average molecular weight is 260 g/mol. The molecule has 6 nitrogen and oxygen atoms in total. The van der Waals surface area contributed by atoms with Crippen LogP contribution in [0.4, 0.5) is 0 Å². The van der Waals surface area contributed by atoms with Crippen molar-refractivity contribution in [3.8, 4) is 0 Å². The Morgan fingerprint density at radius 3 is 2.65 bits per heavy atom. The fraction of sp³-hybridized carbons (Fsp3) is 0.700. The lowest BCUT2D eigenvalue weighted by Gasteiger charge is -2.10. The highest BCUT2D eigenvalue weighted by Crippen LogP contribution is 2.08. The van der Waals surface area contributed by atoms with Gasteiger partial charge in [0.1, 0.15) is 5.82 Å². The molecule has 17 heavy (non-hydrogen) atoms. The topological polar surface area (TPSA) is 76.0 Å². The maximum Gasteiger partial charge on any atom is 0.259 e. The number of hydrogen-bond donors (Lipinski definition) is 2. The normalized spacial score (nSPS) is 13.9. The fourth-order valence-electron chi connectivity index (χ4n) is 1.34. The summed E-state index contributed by atoms with van der Waals surface area (Å²) >= 11 is 0. The third kappa shape index (κ3) is 3.52. The van der Waals surface area contributed by atoms with E-state index in [1.807, 2.05) is 13.8 Å². The zero-order valence-corrected chi connectivity index (χ0v) is 11.5. The Morgan fingerprint density at radius 2 is 2.18 bits per heavy atom. The van der Waals surface area contributed by atoms with Gasteiger partial charge in [0.05, 0.1) is 0 Å². The third-order valence-corrected chi connectivity index (χ3v) is 3.94. The van der Waals surface area contributed by atoms with Crippen LogP contribution < -0.4 is 10.0 Å². The summed E-state index contributed by atoms with van der Waals surface area (Å²) in [7, 11) is -1.71. The second kappa shape index (κ2) is 5.61. The van der Waals surface area contributed by atoms with Gasteiger partial charge in [-0.25, -0.2) is 18.1 Å². The van der Waals surface area contributed by atoms with E-state index in [-0.39, 0.29) is 11.1 Å². The molecule has 1 unspecified atom stereocenters. The van der Waals surface area contributed by atoms with Crippen molar-refractivity contribution in [3.63, 3.8) is 0 Å². The first-order valence-corrected chi connectivity index (χ1v) is 7.09. The number of imidazole rings is 1. The number of rotatable bonds is 6. The van der Waals surface area contributed by atoms with Gasteiger partial charge in [-0.3, -0.25) is 0 Å². The number of nitrogens with zero attached hydrogens (tertiary/aromatic N) is 2. The lowest BCUT2D eigenvalue weighted by Crippen LogP contribution is -2.37. The minimum absolute atomic E-state index is 0.0825. The summed E-state index contributed by atoms with van der Waals surface area (Å²) in [5.41, 5.74) is 0. The predicted molar refractivity (Wildman–Crippen MR) is 66.3 cm³/mol. The fourth-order valence-corrected chi connectivity index (χ4v) is 2.48. The van der Waals surface area contributed by atoms with Crippen LogP contribution in [0.3, 0.4) is 0 Å². The molecule has 1 atom stereocenters. The molecule has 1 aromatic rings. The van der Waals surface area contributed by atoms with Crippen LogP contribution in [-0.4, -0.2) is 37.6 Å². The molecule has 0 aliphatic heterocycles. The molecule has 1 heterocycles. The van der Waals surface area contributed by atoms with E-state index in [2.05, 4.69) is 15.0 Å². The predicted octanol–water partition coefficient (Wildman–Crippen LogP) is 0.0976. The van der Waals surface area contributed by atoms with Gasteiger partial charge in [0.2, 0.25) is 0 Å². The lowest BCUT2D eigenvalue weighted by molar-refractivity contribution is 0.552. The van der Waals surface area contributed by atoms with E-state index in [0.717, 1.165) is 0 Å². The Labute approximate surface area is 102 Å². The number of sulfonamides is 1. The zero-order valence-electron chi connectivity index (χ0n) is 10.7. The number of hydrogen-bond acceptors (Lipinski definition) is 4. The van der Waals surface area contributed by atoms with Gasteiger partial charge in [0.25, 0.3) is 10.0 Å². The maximum atomic E-state index is 11.9. The summed E-state index contributed by atoms with van der Waals surface area (Å²) in [6, 6.07) is 0.0825. The summed E-state index contributed by atoms with van der Waals surface area (Å²) in [4.78, 5) is 4.05. The van der Waals surface area contributed by atoms with Gasteiger partial charge in [-0.05, 0) is 27.8 Å². The number of aryl methyl sites for hydroxylation is 2. The number of aromatic nitrogens is 2. The summed E-state index contributed by atoms with van der Waals surface area (Å²) < 4.78 is 28.2.